The lowest BCUT2D eigenvalue weighted by atomic mass is 10.1. The van der Waals surface area contributed by atoms with Crippen molar-refractivity contribution in [3.63, 3.8) is 0 Å². The smallest absolute Gasteiger partial charge is 0.318 e. The summed E-state index contributed by atoms with van der Waals surface area (Å²) in [6, 6.07) is 8.75. The first-order valence-electron chi connectivity index (χ1n) is 9.19. The number of nitrogens with one attached hydrogen (secondary N) is 1. The molecule has 3 aliphatic rings. The molecule has 2 saturated heterocycles. The number of carbonyl (C=O) groups is 2. The van der Waals surface area contributed by atoms with E-state index >= 15 is 0 Å². The number of nitrogens with zero attached hydrogens (tertiary/aromatic N) is 2. The van der Waals surface area contributed by atoms with Crippen LogP contribution in [-0.4, -0.2) is 61.1 Å². The Bertz CT molecular complexity index is 630. The molecule has 1 aliphatic carbocycles. The molecule has 3 amide bonds. The molecule has 6 heteroatoms. The van der Waals surface area contributed by atoms with Gasteiger partial charge in [-0.25, -0.2) is 4.79 Å². The summed E-state index contributed by atoms with van der Waals surface area (Å²) < 4.78 is 5.34. The van der Waals surface area contributed by atoms with E-state index in [1.165, 1.54) is 6.42 Å². The van der Waals surface area contributed by atoms with Gasteiger partial charge in [0.05, 0.1) is 13.2 Å². The van der Waals surface area contributed by atoms with Gasteiger partial charge in [0.2, 0.25) is 5.91 Å². The molecule has 134 valence electrons. The van der Waals surface area contributed by atoms with Gasteiger partial charge in [-0.2, -0.15) is 0 Å². The quantitative estimate of drug-likeness (QED) is 0.907. The second-order valence-corrected chi connectivity index (χ2v) is 7.22. The van der Waals surface area contributed by atoms with Crippen LogP contribution >= 0.6 is 0 Å². The highest BCUT2D eigenvalue weighted by Gasteiger charge is 2.43. The number of rotatable bonds is 3. The highest BCUT2D eigenvalue weighted by molar-refractivity contribution is 5.88. The SMILES string of the molecule is O=C(NC(C(=O)N1CCOCC1)c1ccccc1)N1CCC2CC2C1. The monoisotopic (exact) mass is 343 g/mol. The van der Waals surface area contributed by atoms with Crippen molar-refractivity contribution in [1.29, 1.82) is 0 Å². The normalized spacial score (nSPS) is 26.6. The molecule has 4 rings (SSSR count). The summed E-state index contributed by atoms with van der Waals surface area (Å²) in [6.07, 6.45) is 2.34. The van der Waals surface area contributed by atoms with Gasteiger partial charge in [0.15, 0.2) is 0 Å². The first kappa shape index (κ1) is 16.4. The molecule has 1 aromatic carbocycles. The van der Waals surface area contributed by atoms with Crippen molar-refractivity contribution in [1.82, 2.24) is 15.1 Å². The second kappa shape index (κ2) is 7.04. The van der Waals surface area contributed by atoms with Crippen LogP contribution in [0.1, 0.15) is 24.4 Å². The van der Waals surface area contributed by atoms with Crippen molar-refractivity contribution in [2.45, 2.75) is 18.9 Å². The Kier molecular flexibility index (Phi) is 4.61. The number of urea groups is 1. The number of hydrogen-bond donors (Lipinski definition) is 1. The fourth-order valence-electron chi connectivity index (χ4n) is 3.88. The van der Waals surface area contributed by atoms with Crippen LogP contribution in [0.3, 0.4) is 0 Å². The molecule has 2 heterocycles. The molecule has 2 aliphatic heterocycles. The number of benzene rings is 1. The molecule has 1 N–H and O–H groups in total. The minimum Gasteiger partial charge on any atom is -0.378 e. The summed E-state index contributed by atoms with van der Waals surface area (Å²) in [5, 5.41) is 2.99. The molecule has 3 fully saturated rings. The first-order valence-corrected chi connectivity index (χ1v) is 9.19. The van der Waals surface area contributed by atoms with Gasteiger partial charge in [0, 0.05) is 26.2 Å². The maximum atomic E-state index is 13.0. The van der Waals surface area contributed by atoms with E-state index in [1.807, 2.05) is 35.2 Å². The number of carbonyl (C=O) groups excluding carboxylic acids is 2. The fraction of sp³-hybridized carbons (Fsp3) is 0.579. The van der Waals surface area contributed by atoms with E-state index in [9.17, 15) is 9.59 Å². The lowest BCUT2D eigenvalue weighted by Crippen LogP contribution is -2.51. The van der Waals surface area contributed by atoms with Crippen LogP contribution in [0.2, 0.25) is 0 Å². The molecule has 0 bridgehead atoms. The Morgan fingerprint density at radius 3 is 2.52 bits per heavy atom. The van der Waals surface area contributed by atoms with E-state index in [0.29, 0.717) is 32.2 Å². The molecule has 1 aromatic rings. The maximum absolute atomic E-state index is 13.0. The number of ether oxygens (including phenoxy) is 1. The zero-order valence-corrected chi connectivity index (χ0v) is 14.4. The van der Waals surface area contributed by atoms with Crippen molar-refractivity contribution in [2.24, 2.45) is 11.8 Å². The van der Waals surface area contributed by atoms with Crippen molar-refractivity contribution in [3.05, 3.63) is 35.9 Å². The summed E-state index contributed by atoms with van der Waals surface area (Å²) in [5.41, 5.74) is 0.827. The molecule has 6 nitrogen and oxygen atoms in total. The standard InChI is InChI=1S/C19H25N3O3/c23-18(21-8-10-25-11-9-21)17(14-4-2-1-3-5-14)20-19(24)22-7-6-15-12-16(15)13-22/h1-5,15-17H,6-13H2,(H,20,24). The van der Waals surface area contributed by atoms with E-state index in [-0.39, 0.29) is 11.9 Å². The number of piperidine rings is 1. The van der Waals surface area contributed by atoms with E-state index in [4.69, 9.17) is 4.74 Å². The fourth-order valence-corrected chi connectivity index (χ4v) is 3.88. The highest BCUT2D eigenvalue weighted by atomic mass is 16.5. The largest absolute Gasteiger partial charge is 0.378 e. The van der Waals surface area contributed by atoms with Gasteiger partial charge in [-0.3, -0.25) is 4.79 Å². The van der Waals surface area contributed by atoms with Crippen molar-refractivity contribution in [3.8, 4) is 0 Å². The summed E-state index contributed by atoms with van der Waals surface area (Å²) in [6.45, 7) is 3.87. The Labute approximate surface area is 148 Å². The second-order valence-electron chi connectivity index (χ2n) is 7.22. The Morgan fingerprint density at radius 2 is 1.80 bits per heavy atom. The van der Waals surface area contributed by atoms with Gasteiger partial charge in [-0.15, -0.1) is 0 Å². The minimum atomic E-state index is -0.635. The molecule has 25 heavy (non-hydrogen) atoms. The van der Waals surface area contributed by atoms with Gasteiger partial charge in [0.1, 0.15) is 6.04 Å². The van der Waals surface area contributed by atoms with Crippen molar-refractivity contribution < 1.29 is 14.3 Å². The van der Waals surface area contributed by atoms with Gasteiger partial charge < -0.3 is 19.9 Å². The van der Waals surface area contributed by atoms with Gasteiger partial charge in [-0.05, 0) is 30.2 Å². The molecule has 0 aromatic heterocycles. The Balaban J connectivity index is 1.48. The van der Waals surface area contributed by atoms with Gasteiger partial charge >= 0.3 is 6.03 Å². The zero-order chi connectivity index (χ0) is 17.2. The molecule has 0 spiro atoms. The molecule has 3 atom stereocenters. The molecule has 3 unspecified atom stereocenters. The third-order valence-electron chi connectivity index (χ3n) is 5.55. The Hall–Kier alpha value is -2.08. The third-order valence-corrected chi connectivity index (χ3v) is 5.55. The highest BCUT2D eigenvalue weighted by Crippen LogP contribution is 2.44. The summed E-state index contributed by atoms with van der Waals surface area (Å²) in [7, 11) is 0. The summed E-state index contributed by atoms with van der Waals surface area (Å²) in [5.74, 6) is 1.44. The molecule has 0 radical (unpaired) electrons. The van der Waals surface area contributed by atoms with Crippen LogP contribution in [0, 0.1) is 11.8 Å². The number of amides is 3. The molecule has 1 saturated carbocycles. The first-order chi connectivity index (χ1) is 12.2. The third kappa shape index (κ3) is 3.63. The van der Waals surface area contributed by atoms with Crippen LogP contribution in [0.5, 0.6) is 0 Å². The Morgan fingerprint density at radius 1 is 1.04 bits per heavy atom. The number of hydrogen-bond acceptors (Lipinski definition) is 3. The van der Waals surface area contributed by atoms with Crippen LogP contribution in [0.25, 0.3) is 0 Å². The average Bonchev–Trinajstić information content (AvgIpc) is 3.45. The van der Waals surface area contributed by atoms with Gasteiger partial charge in [0.25, 0.3) is 0 Å². The number of morpholine rings is 1. The minimum absolute atomic E-state index is 0.0517. The molecular weight excluding hydrogens is 318 g/mol. The number of fused-ring (bicyclic) bond motifs is 1. The van der Waals surface area contributed by atoms with E-state index in [0.717, 1.165) is 31.0 Å². The van der Waals surface area contributed by atoms with E-state index < -0.39 is 6.04 Å². The topological polar surface area (TPSA) is 61.9 Å². The summed E-state index contributed by atoms with van der Waals surface area (Å²) in [4.78, 5) is 29.4. The lowest BCUT2D eigenvalue weighted by Gasteiger charge is -2.33. The maximum Gasteiger partial charge on any atom is 0.318 e. The molecular formula is C19H25N3O3. The lowest BCUT2D eigenvalue weighted by molar-refractivity contribution is -0.137. The van der Waals surface area contributed by atoms with Gasteiger partial charge in [-0.1, -0.05) is 30.3 Å². The summed E-state index contributed by atoms with van der Waals surface area (Å²) >= 11 is 0. The zero-order valence-electron chi connectivity index (χ0n) is 14.4. The van der Waals surface area contributed by atoms with Crippen LogP contribution in [0.4, 0.5) is 4.79 Å². The van der Waals surface area contributed by atoms with E-state index in [2.05, 4.69) is 5.32 Å². The van der Waals surface area contributed by atoms with E-state index in [1.54, 1.807) is 4.90 Å². The van der Waals surface area contributed by atoms with Crippen LogP contribution < -0.4 is 5.32 Å². The van der Waals surface area contributed by atoms with Crippen LogP contribution in [-0.2, 0) is 9.53 Å². The predicted octanol–water partition coefficient (Wildman–Crippen LogP) is 1.64. The number of likely N-dealkylation sites (tertiary alicyclic amines) is 1. The van der Waals surface area contributed by atoms with Crippen LogP contribution in [0.15, 0.2) is 30.3 Å². The average molecular weight is 343 g/mol. The van der Waals surface area contributed by atoms with Crippen molar-refractivity contribution >= 4 is 11.9 Å². The predicted molar refractivity (Wildman–Crippen MR) is 92.9 cm³/mol. The van der Waals surface area contributed by atoms with Crippen molar-refractivity contribution in [2.75, 3.05) is 39.4 Å².